The summed E-state index contributed by atoms with van der Waals surface area (Å²) in [6, 6.07) is 16.0. The number of aryl methyl sites for hydroxylation is 1. The van der Waals surface area contributed by atoms with Crippen LogP contribution in [0.2, 0.25) is 5.02 Å². The van der Waals surface area contributed by atoms with Crippen molar-refractivity contribution in [1.82, 2.24) is 5.32 Å². The number of fused-ring (bicyclic) bond motifs is 1. The number of hydrogen-bond donors (Lipinski definition) is 1. The molecule has 1 aliphatic rings. The largest absolute Gasteiger partial charge is 0.311 e. The molecule has 0 radical (unpaired) electrons. The van der Waals surface area contributed by atoms with Gasteiger partial charge in [0, 0.05) is 17.3 Å². The van der Waals surface area contributed by atoms with E-state index in [1.54, 1.807) is 0 Å². The Morgan fingerprint density at radius 2 is 1.91 bits per heavy atom. The van der Waals surface area contributed by atoms with Crippen LogP contribution in [0.3, 0.4) is 0 Å². The zero-order valence-corrected chi connectivity index (χ0v) is 13.9. The smallest absolute Gasteiger partial charge is 0.240 e. The van der Waals surface area contributed by atoms with Gasteiger partial charge in [-0.3, -0.25) is 4.79 Å². The molecule has 0 saturated heterocycles. The molecule has 23 heavy (non-hydrogen) atoms. The van der Waals surface area contributed by atoms with Gasteiger partial charge in [-0.1, -0.05) is 41.9 Å². The van der Waals surface area contributed by atoms with Gasteiger partial charge in [0.15, 0.2) is 0 Å². The van der Waals surface area contributed by atoms with E-state index < -0.39 is 0 Å². The molecule has 2 aromatic rings. The van der Waals surface area contributed by atoms with Crippen molar-refractivity contribution in [1.29, 1.82) is 0 Å². The molecule has 120 valence electrons. The van der Waals surface area contributed by atoms with Crippen molar-refractivity contribution in [3.63, 3.8) is 0 Å². The number of benzene rings is 2. The first kappa shape index (κ1) is 16.0. The minimum atomic E-state index is 0.147. The molecule has 0 atom stereocenters. The Bertz CT molecular complexity index is 669. The van der Waals surface area contributed by atoms with E-state index in [4.69, 9.17) is 11.6 Å². The minimum Gasteiger partial charge on any atom is -0.311 e. The number of nitrogens with one attached hydrogen (secondary N) is 1. The third-order valence-corrected chi connectivity index (χ3v) is 4.44. The highest BCUT2D eigenvalue weighted by Gasteiger charge is 2.21. The van der Waals surface area contributed by atoms with Gasteiger partial charge in [-0.15, -0.1) is 0 Å². The Kier molecular flexibility index (Phi) is 5.31. The summed E-state index contributed by atoms with van der Waals surface area (Å²) in [5.41, 5.74) is 3.56. The first-order valence-corrected chi connectivity index (χ1v) is 8.45. The van der Waals surface area contributed by atoms with Gasteiger partial charge in [-0.25, -0.2) is 0 Å². The zero-order valence-electron chi connectivity index (χ0n) is 13.1. The average Bonchev–Trinajstić information content (AvgIpc) is 2.59. The van der Waals surface area contributed by atoms with E-state index in [0.717, 1.165) is 43.1 Å². The molecule has 0 bridgehead atoms. The van der Waals surface area contributed by atoms with Crippen molar-refractivity contribution in [2.75, 3.05) is 24.5 Å². The molecule has 0 fully saturated rings. The second kappa shape index (κ2) is 7.62. The third kappa shape index (κ3) is 4.12. The Morgan fingerprint density at radius 3 is 2.74 bits per heavy atom. The second-order valence-electron chi connectivity index (χ2n) is 5.83. The van der Waals surface area contributed by atoms with Crippen molar-refractivity contribution in [3.8, 4) is 0 Å². The first-order valence-electron chi connectivity index (χ1n) is 8.07. The molecule has 0 unspecified atom stereocenters. The van der Waals surface area contributed by atoms with Gasteiger partial charge in [0.25, 0.3) is 0 Å². The quantitative estimate of drug-likeness (QED) is 0.853. The summed E-state index contributed by atoms with van der Waals surface area (Å²) in [7, 11) is 0. The van der Waals surface area contributed by atoms with Crippen molar-refractivity contribution in [2.24, 2.45) is 0 Å². The summed E-state index contributed by atoms with van der Waals surface area (Å²) >= 11 is 5.88. The van der Waals surface area contributed by atoms with Gasteiger partial charge in [0.05, 0.1) is 6.54 Å². The number of hydrogen-bond acceptors (Lipinski definition) is 2. The van der Waals surface area contributed by atoms with Crippen LogP contribution in [0.1, 0.15) is 17.5 Å². The lowest BCUT2D eigenvalue weighted by atomic mass is 10.0. The Morgan fingerprint density at radius 1 is 1.13 bits per heavy atom. The fraction of sp³-hybridized carbons (Fsp3) is 0.316. The number of amides is 1. The van der Waals surface area contributed by atoms with Crippen LogP contribution in [0.4, 0.5) is 5.69 Å². The van der Waals surface area contributed by atoms with Crippen LogP contribution in [0.25, 0.3) is 0 Å². The number of anilines is 1. The molecule has 0 aromatic heterocycles. The van der Waals surface area contributed by atoms with Crippen molar-refractivity contribution in [3.05, 3.63) is 64.7 Å². The van der Waals surface area contributed by atoms with E-state index in [1.807, 2.05) is 47.4 Å². The lowest BCUT2D eigenvalue weighted by Crippen LogP contribution is -2.41. The molecular weight excluding hydrogens is 308 g/mol. The topological polar surface area (TPSA) is 32.3 Å². The van der Waals surface area contributed by atoms with Gasteiger partial charge in [-0.05, 0) is 55.1 Å². The standard InChI is InChI=1S/C19H21ClN2O/c20-17-9-7-15(8-10-17)11-12-21-14-19(23)22-13-3-5-16-4-1-2-6-18(16)22/h1-2,4,6-10,21H,3,5,11-14H2. The lowest BCUT2D eigenvalue weighted by molar-refractivity contribution is -0.117. The number of carbonyl (C=O) groups excluding carboxylic acids is 1. The molecule has 2 aromatic carbocycles. The summed E-state index contributed by atoms with van der Waals surface area (Å²) in [5.74, 6) is 0.147. The molecule has 1 aliphatic heterocycles. The Labute approximate surface area is 142 Å². The number of nitrogens with zero attached hydrogens (tertiary/aromatic N) is 1. The lowest BCUT2D eigenvalue weighted by Gasteiger charge is -2.29. The van der Waals surface area contributed by atoms with Crippen LogP contribution < -0.4 is 10.2 Å². The molecule has 1 amide bonds. The van der Waals surface area contributed by atoms with Crippen LogP contribution in [0.15, 0.2) is 48.5 Å². The summed E-state index contributed by atoms with van der Waals surface area (Å²) in [5, 5.41) is 4.00. The average molecular weight is 329 g/mol. The van der Waals surface area contributed by atoms with E-state index in [-0.39, 0.29) is 5.91 Å². The fourth-order valence-corrected chi connectivity index (χ4v) is 3.09. The zero-order chi connectivity index (χ0) is 16.1. The highest BCUT2D eigenvalue weighted by molar-refractivity contribution is 6.30. The predicted molar refractivity (Wildman–Crippen MR) is 95.1 cm³/mol. The van der Waals surface area contributed by atoms with Gasteiger partial charge in [-0.2, -0.15) is 0 Å². The van der Waals surface area contributed by atoms with E-state index in [0.29, 0.717) is 6.54 Å². The van der Waals surface area contributed by atoms with E-state index in [9.17, 15) is 4.79 Å². The molecule has 0 spiro atoms. The molecule has 4 heteroatoms. The third-order valence-electron chi connectivity index (χ3n) is 4.19. The minimum absolute atomic E-state index is 0.147. The van der Waals surface area contributed by atoms with Crippen LogP contribution in [0, 0.1) is 0 Å². The maximum Gasteiger partial charge on any atom is 0.240 e. The van der Waals surface area contributed by atoms with E-state index in [2.05, 4.69) is 11.4 Å². The van der Waals surface area contributed by atoms with Gasteiger partial charge < -0.3 is 10.2 Å². The summed E-state index contributed by atoms with van der Waals surface area (Å²) in [4.78, 5) is 14.4. The highest BCUT2D eigenvalue weighted by Crippen LogP contribution is 2.26. The normalized spacial score (nSPS) is 13.7. The molecule has 3 rings (SSSR count). The second-order valence-corrected chi connectivity index (χ2v) is 6.27. The van der Waals surface area contributed by atoms with Crippen molar-refractivity contribution >= 4 is 23.2 Å². The molecule has 3 nitrogen and oxygen atoms in total. The highest BCUT2D eigenvalue weighted by atomic mass is 35.5. The number of rotatable bonds is 5. The first-order chi connectivity index (χ1) is 11.2. The van der Waals surface area contributed by atoms with Gasteiger partial charge >= 0.3 is 0 Å². The van der Waals surface area contributed by atoms with Crippen molar-refractivity contribution < 1.29 is 4.79 Å². The summed E-state index contributed by atoms with van der Waals surface area (Å²) in [6.07, 6.45) is 2.98. The Balaban J connectivity index is 1.49. The maximum atomic E-state index is 12.5. The van der Waals surface area contributed by atoms with Gasteiger partial charge in [0.2, 0.25) is 5.91 Å². The molecule has 1 N–H and O–H groups in total. The SMILES string of the molecule is O=C(CNCCc1ccc(Cl)cc1)N1CCCc2ccccc21. The number of para-hydroxylation sites is 1. The van der Waals surface area contributed by atoms with Gasteiger partial charge in [0.1, 0.15) is 0 Å². The molecule has 0 saturated carbocycles. The van der Waals surface area contributed by atoms with Crippen LogP contribution in [-0.2, 0) is 17.6 Å². The van der Waals surface area contributed by atoms with E-state index in [1.165, 1.54) is 11.1 Å². The monoisotopic (exact) mass is 328 g/mol. The molecular formula is C19H21ClN2O. The Hall–Kier alpha value is -1.84. The molecule has 1 heterocycles. The van der Waals surface area contributed by atoms with Crippen LogP contribution in [-0.4, -0.2) is 25.5 Å². The fourth-order valence-electron chi connectivity index (χ4n) is 2.97. The maximum absolute atomic E-state index is 12.5. The molecule has 0 aliphatic carbocycles. The van der Waals surface area contributed by atoms with E-state index >= 15 is 0 Å². The number of halogens is 1. The van der Waals surface area contributed by atoms with Crippen molar-refractivity contribution in [2.45, 2.75) is 19.3 Å². The summed E-state index contributed by atoms with van der Waals surface area (Å²) in [6.45, 7) is 1.97. The van der Waals surface area contributed by atoms with Crippen LogP contribution in [0.5, 0.6) is 0 Å². The summed E-state index contributed by atoms with van der Waals surface area (Å²) < 4.78 is 0. The number of carbonyl (C=O) groups is 1. The van der Waals surface area contributed by atoms with Crippen LogP contribution >= 0.6 is 11.6 Å². The predicted octanol–water partition coefficient (Wildman–Crippen LogP) is 3.45.